The molecular formula is C19H20N6. The van der Waals surface area contributed by atoms with E-state index in [4.69, 9.17) is 0 Å². The third-order valence-corrected chi connectivity index (χ3v) is 5.38. The Morgan fingerprint density at radius 2 is 1.96 bits per heavy atom. The summed E-state index contributed by atoms with van der Waals surface area (Å²) in [4.78, 5) is 7.83. The SMILES string of the molecule is Cc1c(-c2ccnc3n[nH]nc23)[nH]c2ccc(C3CCNCC3)cc12. The molecule has 3 N–H and O–H groups in total. The lowest BCUT2D eigenvalue weighted by Crippen LogP contribution is -2.26. The molecule has 0 saturated carbocycles. The number of rotatable bonds is 2. The highest BCUT2D eigenvalue weighted by Gasteiger charge is 2.18. The van der Waals surface area contributed by atoms with Crippen LogP contribution in [-0.2, 0) is 0 Å². The first-order chi connectivity index (χ1) is 12.3. The summed E-state index contributed by atoms with van der Waals surface area (Å²) in [5, 5.41) is 15.8. The molecule has 126 valence electrons. The molecule has 0 aliphatic carbocycles. The summed E-state index contributed by atoms with van der Waals surface area (Å²) < 4.78 is 0. The molecule has 0 amide bonds. The van der Waals surface area contributed by atoms with Crippen molar-refractivity contribution in [2.24, 2.45) is 0 Å². The summed E-state index contributed by atoms with van der Waals surface area (Å²) in [6, 6.07) is 8.85. The highest BCUT2D eigenvalue weighted by atomic mass is 15.3. The molecule has 0 radical (unpaired) electrons. The van der Waals surface area contributed by atoms with Crippen molar-refractivity contribution < 1.29 is 0 Å². The lowest BCUT2D eigenvalue weighted by molar-refractivity contribution is 0.460. The molecule has 0 atom stereocenters. The second-order valence-corrected chi connectivity index (χ2v) is 6.81. The molecule has 0 bridgehead atoms. The van der Waals surface area contributed by atoms with Crippen molar-refractivity contribution in [3.8, 4) is 11.3 Å². The number of aromatic amines is 2. The largest absolute Gasteiger partial charge is 0.354 e. The lowest BCUT2D eigenvalue weighted by Gasteiger charge is -2.23. The van der Waals surface area contributed by atoms with Gasteiger partial charge in [0.15, 0.2) is 0 Å². The predicted octanol–water partition coefficient (Wildman–Crippen LogP) is 3.28. The molecule has 6 nitrogen and oxygen atoms in total. The van der Waals surface area contributed by atoms with E-state index in [1.54, 1.807) is 6.20 Å². The monoisotopic (exact) mass is 332 g/mol. The van der Waals surface area contributed by atoms with E-state index >= 15 is 0 Å². The number of nitrogens with one attached hydrogen (secondary N) is 3. The van der Waals surface area contributed by atoms with Gasteiger partial charge < -0.3 is 10.3 Å². The van der Waals surface area contributed by atoms with Crippen molar-refractivity contribution in [2.75, 3.05) is 13.1 Å². The number of piperidine rings is 1. The molecule has 1 saturated heterocycles. The average molecular weight is 332 g/mol. The molecule has 6 heteroatoms. The van der Waals surface area contributed by atoms with E-state index in [0.717, 1.165) is 29.9 Å². The average Bonchev–Trinajstić information content (AvgIpc) is 3.27. The van der Waals surface area contributed by atoms with Crippen LogP contribution in [0.1, 0.15) is 29.9 Å². The molecule has 1 fully saturated rings. The fourth-order valence-corrected chi connectivity index (χ4v) is 3.98. The summed E-state index contributed by atoms with van der Waals surface area (Å²) >= 11 is 0. The second kappa shape index (κ2) is 5.67. The maximum absolute atomic E-state index is 4.27. The minimum Gasteiger partial charge on any atom is -0.354 e. The van der Waals surface area contributed by atoms with Gasteiger partial charge in [-0.25, -0.2) is 4.98 Å². The molecule has 1 aliphatic rings. The Morgan fingerprint density at radius 1 is 1.08 bits per heavy atom. The first kappa shape index (κ1) is 14.6. The number of H-pyrrole nitrogens is 2. The Kier molecular flexibility index (Phi) is 3.31. The lowest BCUT2D eigenvalue weighted by atomic mass is 9.89. The molecule has 0 spiro atoms. The molecule has 4 heterocycles. The Hall–Kier alpha value is -2.73. The predicted molar refractivity (Wildman–Crippen MR) is 98.6 cm³/mol. The highest BCUT2D eigenvalue weighted by molar-refractivity contribution is 5.96. The van der Waals surface area contributed by atoms with Gasteiger partial charge in [-0.15, -0.1) is 5.10 Å². The summed E-state index contributed by atoms with van der Waals surface area (Å²) in [6.45, 7) is 4.40. The molecule has 25 heavy (non-hydrogen) atoms. The maximum Gasteiger partial charge on any atom is 0.202 e. The van der Waals surface area contributed by atoms with Crippen molar-refractivity contribution >= 4 is 22.1 Å². The number of fused-ring (bicyclic) bond motifs is 2. The molecule has 3 aromatic heterocycles. The highest BCUT2D eigenvalue weighted by Crippen LogP contribution is 2.35. The second-order valence-electron chi connectivity index (χ2n) is 6.81. The number of pyridine rings is 1. The zero-order valence-electron chi connectivity index (χ0n) is 14.1. The Bertz CT molecular complexity index is 1050. The summed E-state index contributed by atoms with van der Waals surface area (Å²) in [7, 11) is 0. The van der Waals surface area contributed by atoms with Crippen LogP contribution in [0.2, 0.25) is 0 Å². The maximum atomic E-state index is 4.27. The van der Waals surface area contributed by atoms with Crippen LogP contribution >= 0.6 is 0 Å². The number of hydrogen-bond acceptors (Lipinski definition) is 4. The number of aromatic nitrogens is 5. The van der Waals surface area contributed by atoms with E-state index < -0.39 is 0 Å². The number of nitrogens with zero attached hydrogens (tertiary/aromatic N) is 3. The first-order valence-electron chi connectivity index (χ1n) is 8.80. The van der Waals surface area contributed by atoms with Gasteiger partial charge in [0, 0.05) is 22.7 Å². The van der Waals surface area contributed by atoms with Gasteiger partial charge in [-0.2, -0.15) is 10.3 Å². The van der Waals surface area contributed by atoms with E-state index in [9.17, 15) is 0 Å². The van der Waals surface area contributed by atoms with Gasteiger partial charge in [-0.1, -0.05) is 6.07 Å². The summed E-state index contributed by atoms with van der Waals surface area (Å²) in [6.07, 6.45) is 4.21. The van der Waals surface area contributed by atoms with E-state index in [-0.39, 0.29) is 0 Å². The zero-order chi connectivity index (χ0) is 16.8. The van der Waals surface area contributed by atoms with E-state index in [1.807, 2.05) is 6.07 Å². The van der Waals surface area contributed by atoms with Crippen LogP contribution in [0, 0.1) is 6.92 Å². The van der Waals surface area contributed by atoms with E-state index in [2.05, 4.69) is 55.8 Å². The van der Waals surface area contributed by atoms with Crippen LogP contribution in [0.4, 0.5) is 0 Å². The molecule has 1 aromatic carbocycles. The van der Waals surface area contributed by atoms with Gasteiger partial charge in [-0.3, -0.25) is 0 Å². The van der Waals surface area contributed by atoms with Crippen molar-refractivity contribution in [3.63, 3.8) is 0 Å². The van der Waals surface area contributed by atoms with Crippen molar-refractivity contribution in [1.29, 1.82) is 0 Å². The Labute approximate surface area is 145 Å². The van der Waals surface area contributed by atoms with Crippen molar-refractivity contribution in [2.45, 2.75) is 25.7 Å². The summed E-state index contributed by atoms with van der Waals surface area (Å²) in [5.74, 6) is 0.659. The first-order valence-corrected chi connectivity index (χ1v) is 8.80. The van der Waals surface area contributed by atoms with Crippen molar-refractivity contribution in [3.05, 3.63) is 41.6 Å². The number of hydrogen-bond donors (Lipinski definition) is 3. The van der Waals surface area contributed by atoms with Gasteiger partial charge >= 0.3 is 0 Å². The van der Waals surface area contributed by atoms with Gasteiger partial charge in [-0.05, 0) is 68.1 Å². The minimum absolute atomic E-state index is 0.644. The van der Waals surface area contributed by atoms with Gasteiger partial charge in [0.1, 0.15) is 5.52 Å². The van der Waals surface area contributed by atoms with Crippen molar-refractivity contribution in [1.82, 2.24) is 30.7 Å². The van der Waals surface area contributed by atoms with Crippen LogP contribution < -0.4 is 5.32 Å². The Balaban J connectivity index is 1.65. The summed E-state index contributed by atoms with van der Waals surface area (Å²) in [5.41, 5.74) is 7.44. The van der Waals surface area contributed by atoms with Gasteiger partial charge in [0.25, 0.3) is 0 Å². The van der Waals surface area contributed by atoms with E-state index in [0.29, 0.717) is 11.6 Å². The fraction of sp³-hybridized carbons (Fsp3) is 0.316. The van der Waals surface area contributed by atoms with Crippen LogP contribution in [0.25, 0.3) is 33.3 Å². The van der Waals surface area contributed by atoms with Gasteiger partial charge in [0.2, 0.25) is 5.65 Å². The molecule has 4 aromatic rings. The smallest absolute Gasteiger partial charge is 0.202 e. The number of benzene rings is 1. The van der Waals surface area contributed by atoms with Gasteiger partial charge in [0.05, 0.1) is 5.69 Å². The Morgan fingerprint density at radius 3 is 2.84 bits per heavy atom. The van der Waals surface area contributed by atoms with Crippen LogP contribution in [-0.4, -0.2) is 38.5 Å². The van der Waals surface area contributed by atoms with Crippen LogP contribution in [0.5, 0.6) is 0 Å². The quantitative estimate of drug-likeness (QED) is 0.526. The third kappa shape index (κ3) is 2.33. The molecule has 5 rings (SSSR count). The normalized spacial score (nSPS) is 16.0. The standard InChI is InChI=1S/C19H20N6/c1-11-15-10-13(12-4-7-20-8-5-12)2-3-16(15)22-17(11)14-6-9-21-19-18(14)23-25-24-19/h2-3,6,9-10,12,20,22H,4-5,7-8H2,1H3,(H,21,23,24,25). The molecule has 0 unspecified atom stereocenters. The van der Waals surface area contributed by atoms with E-state index in [1.165, 1.54) is 34.9 Å². The van der Waals surface area contributed by atoms with Crippen LogP contribution in [0.15, 0.2) is 30.5 Å². The topological polar surface area (TPSA) is 82.3 Å². The fourth-order valence-electron chi connectivity index (χ4n) is 3.98. The third-order valence-electron chi connectivity index (χ3n) is 5.38. The minimum atomic E-state index is 0.644. The molecule has 1 aliphatic heterocycles. The number of aryl methyl sites for hydroxylation is 1. The molecular weight excluding hydrogens is 312 g/mol. The van der Waals surface area contributed by atoms with Crippen LogP contribution in [0.3, 0.4) is 0 Å². The zero-order valence-corrected chi connectivity index (χ0v) is 14.1.